The summed E-state index contributed by atoms with van der Waals surface area (Å²) in [6.45, 7) is 0.549. The largest absolute Gasteiger partial charge is 0.465 e. The molecule has 0 aliphatic carbocycles. The van der Waals surface area contributed by atoms with E-state index >= 15 is 0 Å². The minimum Gasteiger partial charge on any atom is -0.465 e. The van der Waals surface area contributed by atoms with Crippen LogP contribution in [0.5, 0.6) is 0 Å². The molecule has 0 fully saturated rings. The van der Waals surface area contributed by atoms with E-state index in [2.05, 4.69) is 10.3 Å². The topological polar surface area (TPSA) is 77.2 Å². The molecule has 2 rings (SSSR count). The van der Waals surface area contributed by atoms with E-state index in [0.717, 1.165) is 9.21 Å². The Hall–Kier alpha value is -1.79. The molecular formula is C12H12ClN3O2S. The van der Waals surface area contributed by atoms with Crippen LogP contribution in [0.1, 0.15) is 15.2 Å². The van der Waals surface area contributed by atoms with Crippen LogP contribution in [0.15, 0.2) is 24.4 Å². The van der Waals surface area contributed by atoms with Gasteiger partial charge in [-0.2, -0.15) is 0 Å². The number of rotatable bonds is 4. The fraction of sp³-hybridized carbons (Fsp3) is 0.167. The van der Waals surface area contributed by atoms with Crippen molar-refractivity contribution in [3.05, 3.63) is 39.2 Å². The Kier molecular flexibility index (Phi) is 4.24. The Morgan fingerprint density at radius 1 is 1.58 bits per heavy atom. The number of nitrogens with zero attached hydrogens (tertiary/aromatic N) is 1. The zero-order valence-corrected chi connectivity index (χ0v) is 11.7. The molecule has 0 amide bonds. The monoisotopic (exact) mass is 297 g/mol. The van der Waals surface area contributed by atoms with Crippen LogP contribution in [-0.2, 0) is 11.3 Å². The number of nitrogens with one attached hydrogen (secondary N) is 1. The standard InChI is InChI=1S/C12H12ClN3O2S/c1-18-12(17)8-4-11(14)16-6-9(8)15-5-7-2-3-10(13)19-7/h2-4,6,15H,5H2,1H3,(H2,14,16). The number of aromatic nitrogens is 1. The quantitative estimate of drug-likeness (QED) is 0.849. The van der Waals surface area contributed by atoms with Crippen LogP contribution in [0.4, 0.5) is 11.5 Å². The molecule has 2 heterocycles. The van der Waals surface area contributed by atoms with Crippen LogP contribution in [0, 0.1) is 0 Å². The lowest BCUT2D eigenvalue weighted by molar-refractivity contribution is 0.0601. The number of carbonyl (C=O) groups is 1. The summed E-state index contributed by atoms with van der Waals surface area (Å²) in [5.41, 5.74) is 6.50. The summed E-state index contributed by atoms with van der Waals surface area (Å²) in [6.07, 6.45) is 1.51. The van der Waals surface area contributed by atoms with E-state index < -0.39 is 5.97 Å². The Balaban J connectivity index is 2.17. The van der Waals surface area contributed by atoms with E-state index in [1.165, 1.54) is 30.7 Å². The van der Waals surface area contributed by atoms with Crippen LogP contribution >= 0.6 is 22.9 Å². The van der Waals surface area contributed by atoms with Crippen LogP contribution in [0.25, 0.3) is 0 Å². The van der Waals surface area contributed by atoms with Gasteiger partial charge in [0.25, 0.3) is 0 Å². The molecule has 19 heavy (non-hydrogen) atoms. The minimum absolute atomic E-state index is 0.269. The van der Waals surface area contributed by atoms with Crippen molar-refractivity contribution in [1.82, 2.24) is 4.98 Å². The Morgan fingerprint density at radius 3 is 3.00 bits per heavy atom. The fourth-order valence-corrected chi connectivity index (χ4v) is 2.55. The van der Waals surface area contributed by atoms with E-state index in [0.29, 0.717) is 17.8 Å². The maximum atomic E-state index is 11.6. The highest BCUT2D eigenvalue weighted by Gasteiger charge is 2.13. The number of thiophene rings is 1. The van der Waals surface area contributed by atoms with Gasteiger partial charge in [-0.1, -0.05) is 11.6 Å². The van der Waals surface area contributed by atoms with Crippen LogP contribution < -0.4 is 11.1 Å². The smallest absolute Gasteiger partial charge is 0.340 e. The van der Waals surface area contributed by atoms with Crippen LogP contribution in [-0.4, -0.2) is 18.1 Å². The van der Waals surface area contributed by atoms with Crippen molar-refractivity contribution in [3.63, 3.8) is 0 Å². The summed E-state index contributed by atoms with van der Waals surface area (Å²) < 4.78 is 5.43. The second kappa shape index (κ2) is 5.90. The highest BCUT2D eigenvalue weighted by Crippen LogP contribution is 2.23. The van der Waals surface area contributed by atoms with Crippen molar-refractivity contribution in [2.45, 2.75) is 6.54 Å². The van der Waals surface area contributed by atoms with Gasteiger partial charge < -0.3 is 15.8 Å². The zero-order chi connectivity index (χ0) is 13.8. The Morgan fingerprint density at radius 2 is 2.37 bits per heavy atom. The number of carbonyl (C=O) groups excluding carboxylic acids is 1. The molecule has 100 valence electrons. The zero-order valence-electron chi connectivity index (χ0n) is 10.1. The van der Waals surface area contributed by atoms with E-state index in [4.69, 9.17) is 22.1 Å². The fourth-order valence-electron chi connectivity index (χ4n) is 1.52. The maximum Gasteiger partial charge on any atom is 0.340 e. The van der Waals surface area contributed by atoms with E-state index in [9.17, 15) is 4.79 Å². The van der Waals surface area contributed by atoms with Gasteiger partial charge >= 0.3 is 5.97 Å². The number of esters is 1. The Labute approximate surface area is 119 Å². The SMILES string of the molecule is COC(=O)c1cc(N)ncc1NCc1ccc(Cl)s1. The number of methoxy groups -OCH3 is 1. The second-order valence-electron chi connectivity index (χ2n) is 3.71. The first-order chi connectivity index (χ1) is 9.10. The molecule has 0 radical (unpaired) electrons. The number of hydrogen-bond donors (Lipinski definition) is 2. The van der Waals surface area contributed by atoms with Gasteiger partial charge in [-0.3, -0.25) is 0 Å². The van der Waals surface area contributed by atoms with E-state index in [1.54, 1.807) is 0 Å². The average molecular weight is 298 g/mol. The molecule has 0 unspecified atom stereocenters. The summed E-state index contributed by atoms with van der Waals surface area (Å²) in [4.78, 5) is 16.7. The molecule has 0 aliphatic heterocycles. The molecule has 0 saturated carbocycles. The summed E-state index contributed by atoms with van der Waals surface area (Å²) >= 11 is 7.33. The molecule has 2 aromatic heterocycles. The summed E-state index contributed by atoms with van der Waals surface area (Å²) in [6, 6.07) is 5.23. The lowest BCUT2D eigenvalue weighted by atomic mass is 10.2. The lowest BCUT2D eigenvalue weighted by Crippen LogP contribution is -2.09. The first-order valence-corrected chi connectivity index (χ1v) is 6.61. The van der Waals surface area contributed by atoms with E-state index in [-0.39, 0.29) is 5.82 Å². The second-order valence-corrected chi connectivity index (χ2v) is 5.51. The predicted octanol–water partition coefficient (Wildman–Crippen LogP) is 2.78. The molecule has 3 N–H and O–H groups in total. The third-order valence-corrected chi connectivity index (χ3v) is 3.64. The normalized spacial score (nSPS) is 10.2. The van der Waals surface area contributed by atoms with Crippen molar-refractivity contribution < 1.29 is 9.53 Å². The van der Waals surface area contributed by atoms with Crippen molar-refractivity contribution in [1.29, 1.82) is 0 Å². The summed E-state index contributed by atoms with van der Waals surface area (Å²) in [5, 5.41) is 3.12. The van der Waals surface area contributed by atoms with Crippen molar-refractivity contribution in [2.24, 2.45) is 0 Å². The summed E-state index contributed by atoms with van der Waals surface area (Å²) in [5.74, 6) is -0.189. The van der Waals surface area contributed by atoms with Crippen LogP contribution in [0.3, 0.4) is 0 Å². The van der Waals surface area contributed by atoms with Crippen LogP contribution in [0.2, 0.25) is 4.34 Å². The molecule has 0 saturated heterocycles. The summed E-state index contributed by atoms with van der Waals surface area (Å²) in [7, 11) is 1.32. The number of pyridine rings is 1. The van der Waals surface area contributed by atoms with Gasteiger partial charge in [-0.05, 0) is 18.2 Å². The highest BCUT2D eigenvalue weighted by atomic mass is 35.5. The molecule has 0 aliphatic rings. The molecular weight excluding hydrogens is 286 g/mol. The molecule has 0 atom stereocenters. The van der Waals surface area contributed by atoms with Gasteiger partial charge in [-0.25, -0.2) is 9.78 Å². The first-order valence-electron chi connectivity index (χ1n) is 5.42. The molecule has 7 heteroatoms. The lowest BCUT2D eigenvalue weighted by Gasteiger charge is -2.10. The first kappa shape index (κ1) is 13.6. The van der Waals surface area contributed by atoms with Crippen molar-refractivity contribution in [3.8, 4) is 0 Å². The van der Waals surface area contributed by atoms with Gasteiger partial charge in [0.1, 0.15) is 5.82 Å². The molecule has 0 spiro atoms. The number of nitrogens with two attached hydrogens (primary N) is 1. The number of ether oxygens (including phenoxy) is 1. The molecule has 0 bridgehead atoms. The predicted molar refractivity (Wildman–Crippen MR) is 76.6 cm³/mol. The van der Waals surface area contributed by atoms with Gasteiger partial charge in [0, 0.05) is 11.4 Å². The minimum atomic E-state index is -0.458. The van der Waals surface area contributed by atoms with Gasteiger partial charge in [0.05, 0.1) is 28.9 Å². The highest BCUT2D eigenvalue weighted by molar-refractivity contribution is 7.16. The van der Waals surface area contributed by atoms with E-state index in [1.807, 2.05) is 12.1 Å². The van der Waals surface area contributed by atoms with Gasteiger partial charge in [0.2, 0.25) is 0 Å². The molecule has 0 aromatic carbocycles. The third kappa shape index (κ3) is 3.36. The van der Waals surface area contributed by atoms with Gasteiger partial charge in [-0.15, -0.1) is 11.3 Å². The van der Waals surface area contributed by atoms with Crippen molar-refractivity contribution in [2.75, 3.05) is 18.2 Å². The third-order valence-electron chi connectivity index (χ3n) is 2.41. The number of anilines is 2. The van der Waals surface area contributed by atoms with Gasteiger partial charge in [0.15, 0.2) is 0 Å². The maximum absolute atomic E-state index is 11.6. The average Bonchev–Trinajstić information content (AvgIpc) is 2.82. The molecule has 5 nitrogen and oxygen atoms in total. The number of halogens is 1. The Bertz CT molecular complexity index is 600. The molecule has 2 aromatic rings. The number of nitrogen functional groups attached to an aromatic ring is 1. The number of hydrogen-bond acceptors (Lipinski definition) is 6. The van der Waals surface area contributed by atoms with Crippen molar-refractivity contribution >= 4 is 40.4 Å².